The molecule has 2 fully saturated rings. The molecule has 1 saturated heterocycles. The summed E-state index contributed by atoms with van der Waals surface area (Å²) in [5, 5.41) is 29.0. The van der Waals surface area contributed by atoms with Crippen molar-refractivity contribution in [2.45, 2.75) is 103 Å². The van der Waals surface area contributed by atoms with E-state index < -0.39 is 41.8 Å². The second-order valence-corrected chi connectivity index (χ2v) is 11.7. The van der Waals surface area contributed by atoms with Gasteiger partial charge in [0.25, 0.3) is 0 Å². The van der Waals surface area contributed by atoms with Crippen LogP contribution in [-0.4, -0.2) is 62.5 Å². The summed E-state index contributed by atoms with van der Waals surface area (Å²) in [5.74, 6) is -1.21. The van der Waals surface area contributed by atoms with Crippen LogP contribution in [0.4, 0.5) is 5.82 Å². The van der Waals surface area contributed by atoms with E-state index in [4.69, 9.17) is 14.2 Å². The van der Waals surface area contributed by atoms with Crippen LogP contribution in [0.1, 0.15) is 84.8 Å². The van der Waals surface area contributed by atoms with Crippen LogP contribution < -0.4 is 5.32 Å². The van der Waals surface area contributed by atoms with E-state index in [1.165, 1.54) is 17.3 Å². The van der Waals surface area contributed by atoms with Crippen molar-refractivity contribution in [1.29, 1.82) is 5.26 Å². The number of aliphatic hydroxyl groups excluding tert-OH is 1. The molecule has 0 radical (unpaired) electrons. The maximum absolute atomic E-state index is 13.0. The fourth-order valence-corrected chi connectivity index (χ4v) is 5.55. The number of hydrogen-bond donors (Lipinski definition) is 2. The summed E-state index contributed by atoms with van der Waals surface area (Å²) >= 11 is 0. The molecule has 2 aliphatic rings. The summed E-state index contributed by atoms with van der Waals surface area (Å²) in [7, 11) is 0. The molecule has 2 aromatic rings. The lowest BCUT2D eigenvalue weighted by Gasteiger charge is -2.25. The number of amides is 1. The Kier molecular flexibility index (Phi) is 10.2. The first kappa shape index (κ1) is 31.4. The zero-order valence-electron chi connectivity index (χ0n) is 24.7. The van der Waals surface area contributed by atoms with Crippen LogP contribution in [0, 0.1) is 29.1 Å². The number of nitrogens with zero attached hydrogens (tertiary/aromatic N) is 4. The topological polar surface area (TPSA) is 165 Å². The third-order valence-corrected chi connectivity index (χ3v) is 8.38. The minimum Gasteiger partial charge on any atom is -0.463 e. The Labute approximate surface area is 245 Å². The molecule has 0 bridgehead atoms. The Morgan fingerprint density at radius 1 is 1.24 bits per heavy atom. The molecular weight excluding hydrogens is 542 g/mol. The molecule has 42 heavy (non-hydrogen) atoms. The standard InChI is InChI=1S/C30H41N5O7/c1-5-9-24(36)34-28-21-12-13-23(35(21)33-17-32-28)30(16-31)27(38)26(41-29(39)19(4)18(2)3)22(42-30)15-40-25(37)14-20-10-7-6-8-11-20/h12-13,17-20,22,26-27,38H,5-11,14-15H2,1-4H3,(H,32,33,34,36)/t19-,22+,26+,27+,30-/m0/s1. The molecule has 0 aromatic carbocycles. The van der Waals surface area contributed by atoms with Crippen molar-refractivity contribution in [3.8, 4) is 6.07 Å². The predicted molar refractivity (Wildman–Crippen MR) is 151 cm³/mol. The van der Waals surface area contributed by atoms with Gasteiger partial charge in [0.05, 0.1) is 11.6 Å². The van der Waals surface area contributed by atoms with Crippen LogP contribution in [0.25, 0.3) is 5.52 Å². The van der Waals surface area contributed by atoms with E-state index in [0.717, 1.165) is 25.7 Å². The van der Waals surface area contributed by atoms with E-state index in [1.807, 2.05) is 20.8 Å². The fourth-order valence-electron chi connectivity index (χ4n) is 5.55. The summed E-state index contributed by atoms with van der Waals surface area (Å²) < 4.78 is 18.9. The number of aromatic nitrogens is 3. The van der Waals surface area contributed by atoms with Crippen molar-refractivity contribution >= 4 is 29.2 Å². The molecule has 12 heteroatoms. The van der Waals surface area contributed by atoms with Crippen molar-refractivity contribution in [2.75, 3.05) is 11.9 Å². The largest absolute Gasteiger partial charge is 0.463 e. The summed E-state index contributed by atoms with van der Waals surface area (Å²) in [4.78, 5) is 42.1. The monoisotopic (exact) mass is 583 g/mol. The highest BCUT2D eigenvalue weighted by molar-refractivity contribution is 5.93. The van der Waals surface area contributed by atoms with Crippen LogP contribution in [0.5, 0.6) is 0 Å². The highest BCUT2D eigenvalue weighted by Crippen LogP contribution is 2.42. The van der Waals surface area contributed by atoms with Gasteiger partial charge in [0.1, 0.15) is 36.7 Å². The van der Waals surface area contributed by atoms with Crippen molar-refractivity contribution in [1.82, 2.24) is 14.6 Å². The molecular formula is C30H41N5O7. The molecule has 228 valence electrons. The van der Waals surface area contributed by atoms with E-state index in [0.29, 0.717) is 18.4 Å². The molecule has 1 amide bonds. The number of carbonyl (C=O) groups is 3. The Morgan fingerprint density at radius 3 is 2.64 bits per heavy atom. The number of anilines is 1. The Balaban J connectivity index is 1.62. The quantitative estimate of drug-likeness (QED) is 0.373. The van der Waals surface area contributed by atoms with Gasteiger partial charge < -0.3 is 24.6 Å². The predicted octanol–water partition coefficient (Wildman–Crippen LogP) is 3.66. The van der Waals surface area contributed by atoms with Crippen molar-refractivity contribution in [2.24, 2.45) is 17.8 Å². The molecule has 5 atom stereocenters. The van der Waals surface area contributed by atoms with Gasteiger partial charge in [-0.3, -0.25) is 14.4 Å². The molecule has 0 unspecified atom stereocenters. The van der Waals surface area contributed by atoms with Crippen LogP contribution in [0.3, 0.4) is 0 Å². The molecule has 1 aliphatic carbocycles. The van der Waals surface area contributed by atoms with Crippen molar-refractivity contribution < 1.29 is 33.7 Å². The number of esters is 2. The maximum atomic E-state index is 13.0. The minimum atomic E-state index is -2.03. The summed E-state index contributed by atoms with van der Waals surface area (Å²) in [6, 6.07) is 5.21. The molecule has 4 rings (SSSR count). The Morgan fingerprint density at radius 2 is 1.98 bits per heavy atom. The average Bonchev–Trinajstić information content (AvgIpc) is 3.52. The molecule has 1 aliphatic heterocycles. The highest BCUT2D eigenvalue weighted by atomic mass is 16.6. The first-order valence-corrected chi connectivity index (χ1v) is 14.9. The van der Waals surface area contributed by atoms with Gasteiger partial charge in [-0.1, -0.05) is 47.0 Å². The lowest BCUT2D eigenvalue weighted by Crippen LogP contribution is -2.44. The van der Waals surface area contributed by atoms with E-state index in [1.54, 1.807) is 19.1 Å². The number of aliphatic hydroxyl groups is 1. The van der Waals surface area contributed by atoms with Gasteiger partial charge in [-0.25, -0.2) is 9.50 Å². The molecule has 2 N–H and O–H groups in total. The number of rotatable bonds is 11. The average molecular weight is 584 g/mol. The maximum Gasteiger partial charge on any atom is 0.309 e. The van der Waals surface area contributed by atoms with E-state index in [-0.39, 0.29) is 42.3 Å². The molecule has 3 heterocycles. The Hall–Kier alpha value is -3.56. The minimum absolute atomic E-state index is 0.0305. The summed E-state index contributed by atoms with van der Waals surface area (Å²) in [6.45, 7) is 7.05. The zero-order valence-corrected chi connectivity index (χ0v) is 24.7. The number of ether oxygens (including phenoxy) is 3. The van der Waals surface area contributed by atoms with Gasteiger partial charge in [-0.15, -0.1) is 0 Å². The lowest BCUT2D eigenvalue weighted by molar-refractivity contribution is -0.165. The number of nitrogens with one attached hydrogen (secondary N) is 1. The van der Waals surface area contributed by atoms with E-state index in [2.05, 4.69) is 21.5 Å². The number of nitriles is 1. The number of fused-ring (bicyclic) bond motifs is 1. The molecule has 2 aromatic heterocycles. The highest BCUT2D eigenvalue weighted by Gasteiger charge is 2.60. The number of hydrogen-bond acceptors (Lipinski definition) is 10. The van der Waals surface area contributed by atoms with Gasteiger partial charge in [0.15, 0.2) is 11.9 Å². The normalized spacial score (nSPS) is 25.2. The van der Waals surface area contributed by atoms with Gasteiger partial charge in [-0.05, 0) is 43.2 Å². The number of carbonyl (C=O) groups excluding carboxylic acids is 3. The smallest absolute Gasteiger partial charge is 0.309 e. The van der Waals surface area contributed by atoms with Crippen LogP contribution >= 0.6 is 0 Å². The van der Waals surface area contributed by atoms with Gasteiger partial charge in [0.2, 0.25) is 11.5 Å². The van der Waals surface area contributed by atoms with Crippen LogP contribution in [0.2, 0.25) is 0 Å². The van der Waals surface area contributed by atoms with Gasteiger partial charge in [-0.2, -0.15) is 10.4 Å². The van der Waals surface area contributed by atoms with E-state index in [9.17, 15) is 24.8 Å². The van der Waals surface area contributed by atoms with Crippen molar-refractivity contribution in [3.05, 3.63) is 24.2 Å². The third-order valence-electron chi connectivity index (χ3n) is 8.38. The molecule has 0 spiro atoms. The third kappa shape index (κ3) is 6.57. The van der Waals surface area contributed by atoms with Gasteiger partial charge >= 0.3 is 11.9 Å². The van der Waals surface area contributed by atoms with Crippen LogP contribution in [-0.2, 0) is 34.2 Å². The Bertz CT molecular complexity index is 1310. The second-order valence-electron chi connectivity index (χ2n) is 11.7. The van der Waals surface area contributed by atoms with Gasteiger partial charge in [0, 0.05) is 12.8 Å². The van der Waals surface area contributed by atoms with Crippen molar-refractivity contribution in [3.63, 3.8) is 0 Å². The van der Waals surface area contributed by atoms with Crippen LogP contribution in [0.15, 0.2) is 18.5 Å². The molecule has 1 saturated carbocycles. The summed E-state index contributed by atoms with van der Waals surface area (Å²) in [5.41, 5.74) is -1.50. The molecule has 12 nitrogen and oxygen atoms in total. The lowest BCUT2D eigenvalue weighted by atomic mass is 9.87. The fraction of sp³-hybridized carbons (Fsp3) is 0.667. The van der Waals surface area contributed by atoms with E-state index >= 15 is 0 Å². The zero-order chi connectivity index (χ0) is 30.4. The summed E-state index contributed by atoms with van der Waals surface area (Å²) in [6.07, 6.45) is 3.70. The first-order chi connectivity index (χ1) is 20.1. The SMILES string of the molecule is CCCC(=O)Nc1ncnn2c([C@]3(C#N)O[C@H](COC(=O)CC4CCCCC4)[C@@H](OC(=O)[C@@H](C)C(C)C)[C@H]3O)ccc12. The first-order valence-electron chi connectivity index (χ1n) is 14.9. The second kappa shape index (κ2) is 13.6.